The Morgan fingerprint density at radius 2 is 1.95 bits per heavy atom. The number of rotatable bonds is 6. The summed E-state index contributed by atoms with van der Waals surface area (Å²) in [5, 5.41) is 10.9. The number of hydrogen-bond donors (Lipinski definition) is 2. The number of hydrogen-bond acceptors (Lipinski definition) is 3. The molecule has 116 valence electrons. The predicted octanol–water partition coefficient (Wildman–Crippen LogP) is 2.43. The number of benzene rings is 1. The lowest BCUT2D eigenvalue weighted by Crippen LogP contribution is -2.21. The first-order valence-corrected chi connectivity index (χ1v) is 5.67. The fourth-order valence-electron chi connectivity index (χ4n) is 1.41. The maximum atomic E-state index is 13.3. The highest BCUT2D eigenvalue weighted by Gasteiger charge is 2.27. The van der Waals surface area contributed by atoms with Gasteiger partial charge < -0.3 is 15.2 Å². The second-order valence-corrected chi connectivity index (χ2v) is 3.93. The second-order valence-electron chi connectivity index (χ2n) is 3.93. The van der Waals surface area contributed by atoms with Crippen molar-refractivity contribution in [2.75, 3.05) is 18.5 Å². The highest BCUT2D eigenvalue weighted by molar-refractivity contribution is 6.00. The van der Waals surface area contributed by atoms with Crippen LogP contribution in [0.1, 0.15) is 16.8 Å². The van der Waals surface area contributed by atoms with Crippen LogP contribution in [0.15, 0.2) is 18.2 Å². The number of carbonyl (C=O) groups excluding carboxylic acids is 1. The summed E-state index contributed by atoms with van der Waals surface area (Å²) in [6.07, 6.45) is -4.92. The van der Waals surface area contributed by atoms with Gasteiger partial charge in [-0.1, -0.05) is 6.07 Å². The Hall–Kier alpha value is -2.16. The van der Waals surface area contributed by atoms with Crippen molar-refractivity contribution in [1.82, 2.24) is 0 Å². The molecule has 0 radical (unpaired) electrons. The number of carboxylic acid groups (broad SMARTS) is 1. The number of alkyl halides is 3. The van der Waals surface area contributed by atoms with Crippen molar-refractivity contribution in [1.29, 1.82) is 0 Å². The zero-order chi connectivity index (χ0) is 16.0. The number of carboxylic acids is 1. The molecule has 0 fully saturated rings. The van der Waals surface area contributed by atoms with E-state index in [1.807, 2.05) is 0 Å². The lowest BCUT2D eigenvalue weighted by molar-refractivity contribution is -0.174. The third-order valence-corrected chi connectivity index (χ3v) is 2.24. The molecule has 21 heavy (non-hydrogen) atoms. The molecule has 0 saturated heterocycles. The van der Waals surface area contributed by atoms with Crippen LogP contribution in [0.25, 0.3) is 0 Å². The number of amides is 1. The van der Waals surface area contributed by atoms with Gasteiger partial charge in [-0.25, -0.2) is 9.18 Å². The summed E-state index contributed by atoms with van der Waals surface area (Å²) in [4.78, 5) is 22.3. The van der Waals surface area contributed by atoms with Gasteiger partial charge in [-0.05, 0) is 12.1 Å². The maximum absolute atomic E-state index is 13.3. The SMILES string of the molecule is O=C(CCOCC(F)(F)F)Nc1cccc(F)c1C(=O)O. The highest BCUT2D eigenvalue weighted by Crippen LogP contribution is 2.19. The molecule has 2 N–H and O–H groups in total. The lowest BCUT2D eigenvalue weighted by Gasteiger charge is -2.10. The zero-order valence-electron chi connectivity index (χ0n) is 10.5. The zero-order valence-corrected chi connectivity index (χ0v) is 10.5. The number of anilines is 1. The summed E-state index contributed by atoms with van der Waals surface area (Å²) < 4.78 is 52.9. The van der Waals surface area contributed by atoms with Crippen molar-refractivity contribution >= 4 is 17.6 Å². The van der Waals surface area contributed by atoms with Gasteiger partial charge >= 0.3 is 12.1 Å². The average Bonchev–Trinajstić information content (AvgIpc) is 2.33. The van der Waals surface area contributed by atoms with Gasteiger partial charge in [0.1, 0.15) is 18.0 Å². The minimum Gasteiger partial charge on any atom is -0.478 e. The first-order chi connectivity index (χ1) is 9.70. The highest BCUT2D eigenvalue weighted by atomic mass is 19.4. The van der Waals surface area contributed by atoms with Crippen LogP contribution < -0.4 is 5.32 Å². The number of aromatic carboxylic acids is 1. The van der Waals surface area contributed by atoms with E-state index in [0.29, 0.717) is 0 Å². The lowest BCUT2D eigenvalue weighted by atomic mass is 10.1. The van der Waals surface area contributed by atoms with E-state index in [1.54, 1.807) is 0 Å². The summed E-state index contributed by atoms with van der Waals surface area (Å²) in [7, 11) is 0. The van der Waals surface area contributed by atoms with Crippen molar-refractivity contribution in [3.8, 4) is 0 Å². The van der Waals surface area contributed by atoms with Crippen LogP contribution >= 0.6 is 0 Å². The molecule has 5 nitrogen and oxygen atoms in total. The maximum Gasteiger partial charge on any atom is 0.411 e. The van der Waals surface area contributed by atoms with E-state index in [0.717, 1.165) is 6.07 Å². The Bertz CT molecular complexity index is 530. The van der Waals surface area contributed by atoms with Gasteiger partial charge in [0, 0.05) is 0 Å². The normalized spacial score (nSPS) is 11.2. The molecule has 0 aliphatic rings. The standard InChI is InChI=1S/C12H11F4NO4/c13-7-2-1-3-8(10(7)11(19)20)17-9(18)4-5-21-6-12(14,15)16/h1-3H,4-6H2,(H,17,18)(H,19,20). The van der Waals surface area contributed by atoms with Crippen LogP contribution in [-0.4, -0.2) is 36.4 Å². The molecule has 0 aliphatic heterocycles. The molecule has 0 bridgehead atoms. The van der Waals surface area contributed by atoms with Crippen molar-refractivity contribution in [3.63, 3.8) is 0 Å². The molecule has 0 saturated carbocycles. The van der Waals surface area contributed by atoms with Gasteiger partial charge in [-0.2, -0.15) is 13.2 Å². The summed E-state index contributed by atoms with van der Waals surface area (Å²) in [5.74, 6) is -3.39. The Labute approximate surface area is 116 Å². The van der Waals surface area contributed by atoms with Gasteiger partial charge in [0.25, 0.3) is 0 Å². The van der Waals surface area contributed by atoms with E-state index in [-0.39, 0.29) is 5.69 Å². The van der Waals surface area contributed by atoms with E-state index in [2.05, 4.69) is 10.1 Å². The van der Waals surface area contributed by atoms with Crippen molar-refractivity contribution in [3.05, 3.63) is 29.6 Å². The monoisotopic (exact) mass is 309 g/mol. The van der Waals surface area contributed by atoms with E-state index < -0.39 is 49.1 Å². The molecule has 1 rings (SSSR count). The largest absolute Gasteiger partial charge is 0.478 e. The van der Waals surface area contributed by atoms with E-state index >= 15 is 0 Å². The molecule has 1 aromatic carbocycles. The van der Waals surface area contributed by atoms with Crippen LogP contribution in [0.3, 0.4) is 0 Å². The van der Waals surface area contributed by atoms with Gasteiger partial charge in [-0.3, -0.25) is 4.79 Å². The van der Waals surface area contributed by atoms with Gasteiger partial charge in [-0.15, -0.1) is 0 Å². The quantitative estimate of drug-likeness (QED) is 0.625. The molecule has 0 aliphatic carbocycles. The molecular weight excluding hydrogens is 298 g/mol. The Morgan fingerprint density at radius 1 is 1.29 bits per heavy atom. The molecule has 1 amide bonds. The van der Waals surface area contributed by atoms with Crippen LogP contribution in [-0.2, 0) is 9.53 Å². The van der Waals surface area contributed by atoms with Crippen LogP contribution in [0.4, 0.5) is 23.2 Å². The van der Waals surface area contributed by atoms with Crippen LogP contribution in [0.5, 0.6) is 0 Å². The molecule has 9 heteroatoms. The average molecular weight is 309 g/mol. The molecule has 0 aromatic heterocycles. The Balaban J connectivity index is 2.56. The summed E-state index contributed by atoms with van der Waals surface area (Å²) in [5.41, 5.74) is -0.995. The van der Waals surface area contributed by atoms with Crippen molar-refractivity contribution < 1.29 is 37.0 Å². The summed E-state index contributed by atoms with van der Waals surface area (Å²) in [6.45, 7) is -1.98. The first kappa shape index (κ1) is 16.9. The minimum absolute atomic E-state index is 0.275. The molecular formula is C12H11F4NO4. The second kappa shape index (κ2) is 7.02. The summed E-state index contributed by atoms with van der Waals surface area (Å²) >= 11 is 0. The molecule has 0 heterocycles. The predicted molar refractivity (Wildman–Crippen MR) is 63.5 cm³/mol. The minimum atomic E-state index is -4.49. The Kier molecular flexibility index (Phi) is 5.65. The topological polar surface area (TPSA) is 75.6 Å². The van der Waals surface area contributed by atoms with Gasteiger partial charge in [0.15, 0.2) is 0 Å². The third kappa shape index (κ3) is 5.78. The van der Waals surface area contributed by atoms with E-state index in [4.69, 9.17) is 5.11 Å². The van der Waals surface area contributed by atoms with Crippen molar-refractivity contribution in [2.24, 2.45) is 0 Å². The first-order valence-electron chi connectivity index (χ1n) is 5.67. The van der Waals surface area contributed by atoms with Gasteiger partial charge in [0.05, 0.1) is 18.7 Å². The number of halogens is 4. The van der Waals surface area contributed by atoms with Gasteiger partial charge in [0.2, 0.25) is 5.91 Å². The van der Waals surface area contributed by atoms with E-state index in [1.165, 1.54) is 12.1 Å². The number of nitrogens with one attached hydrogen (secondary N) is 1. The molecule has 0 spiro atoms. The molecule has 1 aromatic rings. The van der Waals surface area contributed by atoms with E-state index in [9.17, 15) is 27.2 Å². The van der Waals surface area contributed by atoms with Crippen LogP contribution in [0, 0.1) is 5.82 Å². The molecule has 0 unspecified atom stereocenters. The third-order valence-electron chi connectivity index (χ3n) is 2.24. The fourth-order valence-corrected chi connectivity index (χ4v) is 1.41. The number of ether oxygens (including phenoxy) is 1. The van der Waals surface area contributed by atoms with Crippen molar-refractivity contribution in [2.45, 2.75) is 12.6 Å². The smallest absolute Gasteiger partial charge is 0.411 e. The molecule has 0 atom stereocenters. The number of carbonyl (C=O) groups is 2. The fraction of sp³-hybridized carbons (Fsp3) is 0.333. The Morgan fingerprint density at radius 3 is 2.52 bits per heavy atom. The van der Waals surface area contributed by atoms with Crippen LogP contribution in [0.2, 0.25) is 0 Å². The summed E-state index contributed by atoms with van der Waals surface area (Å²) in [6, 6.07) is 3.27.